The number of hydrogen-bond acceptors (Lipinski definition) is 3. The first-order chi connectivity index (χ1) is 13.4. The first kappa shape index (κ1) is 20.7. The van der Waals surface area contributed by atoms with Crippen molar-refractivity contribution in [3.63, 3.8) is 0 Å². The second kappa shape index (κ2) is 8.58. The molecule has 1 aromatic carbocycles. The Kier molecular flexibility index (Phi) is 6.35. The SMILES string of the molecule is C=C(C1=CC[Si](C)(C)OC1)C(CCCCCC)N1C(=O)c2ccccc2C1=O. The van der Waals surface area contributed by atoms with Gasteiger partial charge in [0.15, 0.2) is 8.32 Å². The van der Waals surface area contributed by atoms with E-state index in [9.17, 15) is 9.59 Å². The number of amides is 2. The maximum atomic E-state index is 13.0. The van der Waals surface area contributed by atoms with E-state index in [2.05, 4.69) is 32.7 Å². The number of nitrogens with zero attached hydrogens (tertiary/aromatic N) is 1. The lowest BCUT2D eigenvalue weighted by Gasteiger charge is -2.33. The molecular weight excluding hydrogens is 366 g/mol. The van der Waals surface area contributed by atoms with Gasteiger partial charge in [-0.05, 0) is 48.8 Å². The van der Waals surface area contributed by atoms with Crippen molar-refractivity contribution in [2.45, 2.75) is 64.2 Å². The quantitative estimate of drug-likeness (QED) is 0.338. The molecule has 0 aromatic heterocycles. The minimum Gasteiger partial charge on any atom is -0.413 e. The van der Waals surface area contributed by atoms with Gasteiger partial charge >= 0.3 is 0 Å². The summed E-state index contributed by atoms with van der Waals surface area (Å²) < 4.78 is 6.09. The summed E-state index contributed by atoms with van der Waals surface area (Å²) in [7, 11) is -1.62. The first-order valence-electron chi connectivity index (χ1n) is 10.3. The molecule has 0 bridgehead atoms. The zero-order valence-electron chi connectivity index (χ0n) is 17.3. The van der Waals surface area contributed by atoms with E-state index in [1.165, 1.54) is 4.90 Å². The van der Waals surface area contributed by atoms with Gasteiger partial charge in [-0.25, -0.2) is 0 Å². The summed E-state index contributed by atoms with van der Waals surface area (Å²) in [6.45, 7) is 11.4. The molecule has 2 aliphatic rings. The van der Waals surface area contributed by atoms with Crippen molar-refractivity contribution < 1.29 is 14.0 Å². The van der Waals surface area contributed by atoms with Gasteiger partial charge < -0.3 is 4.43 Å². The number of benzene rings is 1. The summed E-state index contributed by atoms with van der Waals surface area (Å²) in [6.07, 6.45) is 7.35. The Labute approximate surface area is 169 Å². The maximum Gasteiger partial charge on any atom is 0.262 e. The summed E-state index contributed by atoms with van der Waals surface area (Å²) in [6, 6.07) is 7.73. The van der Waals surface area contributed by atoms with Crippen LogP contribution in [-0.4, -0.2) is 37.7 Å². The number of hydrogen-bond donors (Lipinski definition) is 0. The molecule has 3 rings (SSSR count). The van der Waals surface area contributed by atoms with Crippen molar-refractivity contribution >= 4 is 20.1 Å². The van der Waals surface area contributed by atoms with Crippen LogP contribution in [0.1, 0.15) is 59.7 Å². The first-order valence-corrected chi connectivity index (χ1v) is 13.5. The van der Waals surface area contributed by atoms with E-state index in [0.29, 0.717) is 17.7 Å². The summed E-state index contributed by atoms with van der Waals surface area (Å²) in [4.78, 5) is 27.5. The number of fused-ring (bicyclic) bond motifs is 1. The minimum absolute atomic E-state index is 0.200. The van der Waals surface area contributed by atoms with Crippen molar-refractivity contribution in [1.82, 2.24) is 4.90 Å². The molecule has 0 fully saturated rings. The molecule has 5 heteroatoms. The van der Waals surface area contributed by atoms with Crippen molar-refractivity contribution in [2.24, 2.45) is 0 Å². The standard InChI is InChI=1S/C23H31NO3Si/c1-5-6-7-8-13-21(17(2)18-14-15-28(3,4)27-16-18)24-22(25)19-11-9-10-12-20(19)23(24)26/h9-12,14,21H,2,5-8,13,15-16H2,1,3-4H3. The van der Waals surface area contributed by atoms with Crippen LogP contribution < -0.4 is 0 Å². The molecule has 0 spiro atoms. The molecule has 0 radical (unpaired) electrons. The Balaban J connectivity index is 1.85. The molecule has 0 saturated carbocycles. The normalized spacial score (nSPS) is 19.4. The number of carbonyl (C=O) groups is 2. The van der Waals surface area contributed by atoms with Crippen LogP contribution in [0.4, 0.5) is 0 Å². The number of unbranched alkanes of at least 4 members (excludes halogenated alkanes) is 3. The van der Waals surface area contributed by atoms with Crippen LogP contribution in [0.25, 0.3) is 0 Å². The zero-order chi connectivity index (χ0) is 20.3. The summed E-state index contributed by atoms with van der Waals surface area (Å²) in [5, 5.41) is 0. The molecule has 1 unspecified atom stereocenters. The monoisotopic (exact) mass is 397 g/mol. The molecule has 2 heterocycles. The fraction of sp³-hybridized carbons (Fsp3) is 0.478. The lowest BCUT2D eigenvalue weighted by Crippen LogP contribution is -2.42. The molecule has 2 aliphatic heterocycles. The number of allylic oxidation sites excluding steroid dienone is 1. The van der Waals surface area contributed by atoms with Crippen molar-refractivity contribution in [2.75, 3.05) is 6.61 Å². The molecule has 0 N–H and O–H groups in total. The molecule has 1 aromatic rings. The maximum absolute atomic E-state index is 13.0. The highest BCUT2D eigenvalue weighted by atomic mass is 28.4. The Morgan fingerprint density at radius 3 is 2.32 bits per heavy atom. The fourth-order valence-electron chi connectivity index (χ4n) is 3.91. The molecule has 4 nitrogen and oxygen atoms in total. The zero-order valence-corrected chi connectivity index (χ0v) is 18.3. The third-order valence-corrected chi connectivity index (χ3v) is 7.85. The Bertz CT molecular complexity index is 777. The average Bonchev–Trinajstić information content (AvgIpc) is 2.93. The van der Waals surface area contributed by atoms with Gasteiger partial charge in [0.05, 0.1) is 23.8 Å². The van der Waals surface area contributed by atoms with E-state index in [1.807, 2.05) is 12.1 Å². The molecule has 0 saturated heterocycles. The predicted molar refractivity (Wildman–Crippen MR) is 115 cm³/mol. The van der Waals surface area contributed by atoms with Gasteiger partial charge in [-0.2, -0.15) is 0 Å². The number of rotatable bonds is 8. The van der Waals surface area contributed by atoms with Gasteiger partial charge in [0.2, 0.25) is 0 Å². The van der Waals surface area contributed by atoms with E-state index in [-0.39, 0.29) is 17.9 Å². The van der Waals surface area contributed by atoms with Crippen molar-refractivity contribution in [3.8, 4) is 0 Å². The minimum atomic E-state index is -1.62. The van der Waals surface area contributed by atoms with Crippen LogP contribution in [0.2, 0.25) is 19.1 Å². The summed E-state index contributed by atoms with van der Waals surface area (Å²) >= 11 is 0. The van der Waals surface area contributed by atoms with E-state index < -0.39 is 8.32 Å². The van der Waals surface area contributed by atoms with E-state index in [4.69, 9.17) is 4.43 Å². The smallest absolute Gasteiger partial charge is 0.262 e. The predicted octanol–water partition coefficient (Wildman–Crippen LogP) is 5.34. The van der Waals surface area contributed by atoms with E-state index in [1.54, 1.807) is 12.1 Å². The van der Waals surface area contributed by atoms with Crippen LogP contribution >= 0.6 is 0 Å². The Hall–Kier alpha value is -1.98. The lowest BCUT2D eigenvalue weighted by molar-refractivity contribution is 0.0600. The summed E-state index contributed by atoms with van der Waals surface area (Å²) in [5.74, 6) is -0.399. The van der Waals surface area contributed by atoms with Crippen molar-refractivity contribution in [1.29, 1.82) is 0 Å². The molecule has 28 heavy (non-hydrogen) atoms. The number of imide groups is 1. The highest BCUT2D eigenvalue weighted by Crippen LogP contribution is 2.33. The third kappa shape index (κ3) is 4.20. The molecule has 1 atom stereocenters. The van der Waals surface area contributed by atoms with Gasteiger partial charge in [-0.3, -0.25) is 14.5 Å². The Morgan fingerprint density at radius 1 is 1.14 bits per heavy atom. The highest BCUT2D eigenvalue weighted by Gasteiger charge is 2.41. The Morgan fingerprint density at radius 2 is 1.79 bits per heavy atom. The lowest BCUT2D eigenvalue weighted by atomic mass is 9.94. The molecule has 150 valence electrons. The molecule has 0 aliphatic carbocycles. The van der Waals surface area contributed by atoms with Crippen LogP contribution in [0.3, 0.4) is 0 Å². The molecule has 2 amide bonds. The van der Waals surface area contributed by atoms with E-state index >= 15 is 0 Å². The van der Waals surface area contributed by atoms with E-state index in [0.717, 1.165) is 49.3 Å². The second-order valence-corrected chi connectivity index (χ2v) is 12.6. The summed E-state index contributed by atoms with van der Waals surface area (Å²) in [5.41, 5.74) is 2.90. The van der Waals surface area contributed by atoms with Gasteiger partial charge in [-0.15, -0.1) is 0 Å². The van der Waals surface area contributed by atoms with Crippen LogP contribution in [0.5, 0.6) is 0 Å². The molecular formula is C23H31NO3Si. The van der Waals surface area contributed by atoms with Crippen molar-refractivity contribution in [3.05, 3.63) is 59.2 Å². The van der Waals surface area contributed by atoms with Crippen LogP contribution in [-0.2, 0) is 4.43 Å². The largest absolute Gasteiger partial charge is 0.413 e. The second-order valence-electron chi connectivity index (χ2n) is 8.40. The average molecular weight is 398 g/mol. The topological polar surface area (TPSA) is 46.6 Å². The van der Waals surface area contributed by atoms with Gasteiger partial charge in [0, 0.05) is 0 Å². The van der Waals surface area contributed by atoms with Gasteiger partial charge in [0.1, 0.15) is 0 Å². The van der Waals surface area contributed by atoms with Gasteiger partial charge in [-0.1, -0.05) is 57.4 Å². The number of carbonyl (C=O) groups excluding carboxylic acids is 2. The fourth-order valence-corrected chi connectivity index (χ4v) is 5.31. The van der Waals surface area contributed by atoms with Crippen LogP contribution in [0, 0.1) is 0 Å². The van der Waals surface area contributed by atoms with Gasteiger partial charge in [0.25, 0.3) is 11.8 Å². The van der Waals surface area contributed by atoms with Crippen LogP contribution in [0.15, 0.2) is 48.1 Å². The highest BCUT2D eigenvalue weighted by molar-refractivity contribution is 6.71. The third-order valence-electron chi connectivity index (χ3n) is 5.74.